The number of halogens is 2. The number of hydrogen-bond donors (Lipinski definition) is 1. The maximum atomic E-state index is 9.91. The lowest BCUT2D eigenvalue weighted by molar-refractivity contribution is 0.238. The van der Waals surface area contributed by atoms with Crippen molar-refractivity contribution in [2.24, 2.45) is 0 Å². The summed E-state index contributed by atoms with van der Waals surface area (Å²) < 4.78 is 1.18. The van der Waals surface area contributed by atoms with Gasteiger partial charge in [0.05, 0.1) is 5.02 Å². The van der Waals surface area contributed by atoms with Crippen molar-refractivity contribution >= 4 is 27.5 Å². The molecular formula is C19H21BrClNO. The zero-order chi connectivity index (χ0) is 16.4. The molecule has 4 heteroatoms. The van der Waals surface area contributed by atoms with E-state index in [2.05, 4.69) is 46.1 Å². The summed E-state index contributed by atoms with van der Waals surface area (Å²) in [6.07, 6.45) is 4.09. The monoisotopic (exact) mass is 393 g/mol. The van der Waals surface area contributed by atoms with Gasteiger partial charge in [-0.25, -0.2) is 0 Å². The number of hydrogen-bond acceptors (Lipinski definition) is 2. The number of nitrogens with zero attached hydrogens (tertiary/aromatic N) is 1. The van der Waals surface area contributed by atoms with Gasteiger partial charge in [-0.05, 0) is 67.6 Å². The van der Waals surface area contributed by atoms with Crippen molar-refractivity contribution in [2.45, 2.75) is 31.7 Å². The van der Waals surface area contributed by atoms with Crippen molar-refractivity contribution in [3.8, 4) is 5.75 Å². The summed E-state index contributed by atoms with van der Waals surface area (Å²) in [5, 5.41) is 10.4. The minimum Gasteiger partial charge on any atom is -0.506 e. The molecule has 1 heterocycles. The number of aromatic hydroxyl groups is 1. The molecule has 122 valence electrons. The minimum absolute atomic E-state index is 0.194. The van der Waals surface area contributed by atoms with Crippen molar-refractivity contribution in [1.82, 2.24) is 4.90 Å². The zero-order valence-corrected chi connectivity index (χ0v) is 15.6. The fourth-order valence-electron chi connectivity index (χ4n) is 3.30. The predicted molar refractivity (Wildman–Crippen MR) is 99.4 cm³/mol. The van der Waals surface area contributed by atoms with Crippen LogP contribution >= 0.6 is 27.5 Å². The van der Waals surface area contributed by atoms with Gasteiger partial charge in [0.15, 0.2) is 0 Å². The summed E-state index contributed by atoms with van der Waals surface area (Å²) in [6, 6.07) is 12.7. The summed E-state index contributed by atoms with van der Waals surface area (Å²) in [5.74, 6) is 0.194. The molecule has 1 unspecified atom stereocenters. The molecule has 2 aromatic carbocycles. The molecule has 0 amide bonds. The van der Waals surface area contributed by atoms with Crippen LogP contribution in [0.4, 0.5) is 0 Å². The molecule has 1 aliphatic heterocycles. The second kappa shape index (κ2) is 7.25. The van der Waals surface area contributed by atoms with Crippen molar-refractivity contribution < 1.29 is 5.11 Å². The maximum Gasteiger partial charge on any atom is 0.134 e. The van der Waals surface area contributed by atoms with Crippen LogP contribution in [0.3, 0.4) is 0 Å². The van der Waals surface area contributed by atoms with E-state index in [1.807, 2.05) is 18.2 Å². The Labute approximate surface area is 151 Å². The highest BCUT2D eigenvalue weighted by atomic mass is 79.9. The molecular weight excluding hydrogens is 374 g/mol. The molecule has 0 aromatic heterocycles. The standard InChI is InChI=1S/C19H21BrClNO/c1-22-9-8-14-11-18(21)19(23)12-15(14)10-16(22)7-6-13-4-2-3-5-17(13)20/h2-5,11-12,16,23H,6-10H2,1H3. The summed E-state index contributed by atoms with van der Waals surface area (Å²) in [7, 11) is 2.19. The highest BCUT2D eigenvalue weighted by Gasteiger charge is 2.22. The lowest BCUT2D eigenvalue weighted by Crippen LogP contribution is -2.33. The topological polar surface area (TPSA) is 23.5 Å². The Hall–Kier alpha value is -1.03. The first-order valence-corrected chi connectivity index (χ1v) is 9.15. The minimum atomic E-state index is 0.194. The quantitative estimate of drug-likeness (QED) is 0.805. The van der Waals surface area contributed by atoms with E-state index in [-0.39, 0.29) is 5.75 Å². The SMILES string of the molecule is CN1CCc2cc(Cl)c(O)cc2CC1CCc1ccccc1Br. The van der Waals surface area contributed by atoms with E-state index in [0.717, 1.165) is 32.2 Å². The molecule has 2 aromatic rings. The van der Waals surface area contributed by atoms with Crippen LogP contribution in [0.5, 0.6) is 5.75 Å². The molecule has 0 fully saturated rings. The Balaban J connectivity index is 1.76. The van der Waals surface area contributed by atoms with Crippen molar-refractivity contribution in [3.63, 3.8) is 0 Å². The highest BCUT2D eigenvalue weighted by molar-refractivity contribution is 9.10. The average Bonchev–Trinajstić information content (AvgIpc) is 2.67. The first kappa shape index (κ1) is 16.8. The second-order valence-electron chi connectivity index (χ2n) is 6.29. The van der Waals surface area contributed by atoms with E-state index in [1.165, 1.54) is 21.2 Å². The Morgan fingerprint density at radius 2 is 2.04 bits per heavy atom. The van der Waals surface area contributed by atoms with Crippen LogP contribution in [0, 0.1) is 0 Å². The van der Waals surface area contributed by atoms with E-state index in [4.69, 9.17) is 11.6 Å². The smallest absolute Gasteiger partial charge is 0.134 e. The largest absolute Gasteiger partial charge is 0.506 e. The maximum absolute atomic E-state index is 9.91. The summed E-state index contributed by atoms with van der Waals surface area (Å²) in [4.78, 5) is 2.43. The third-order valence-electron chi connectivity index (χ3n) is 4.79. The Kier molecular flexibility index (Phi) is 5.30. The Morgan fingerprint density at radius 3 is 2.83 bits per heavy atom. The van der Waals surface area contributed by atoms with Crippen LogP contribution in [0.25, 0.3) is 0 Å². The van der Waals surface area contributed by atoms with Gasteiger partial charge in [0.25, 0.3) is 0 Å². The van der Waals surface area contributed by atoms with Crippen LogP contribution in [-0.4, -0.2) is 29.6 Å². The lowest BCUT2D eigenvalue weighted by atomic mass is 9.96. The molecule has 0 saturated heterocycles. The van der Waals surface area contributed by atoms with Gasteiger partial charge in [-0.2, -0.15) is 0 Å². The van der Waals surface area contributed by atoms with Crippen LogP contribution in [0.2, 0.25) is 5.02 Å². The third-order valence-corrected chi connectivity index (χ3v) is 5.86. The number of rotatable bonds is 3. The first-order chi connectivity index (χ1) is 11.0. The van der Waals surface area contributed by atoms with E-state index >= 15 is 0 Å². The van der Waals surface area contributed by atoms with Crippen molar-refractivity contribution in [3.05, 3.63) is 62.6 Å². The molecule has 0 saturated carbocycles. The molecule has 3 rings (SSSR count). The fraction of sp³-hybridized carbons (Fsp3) is 0.368. The van der Waals surface area contributed by atoms with Gasteiger partial charge < -0.3 is 10.0 Å². The molecule has 0 bridgehead atoms. The number of aryl methyl sites for hydroxylation is 1. The molecule has 1 N–H and O–H groups in total. The molecule has 23 heavy (non-hydrogen) atoms. The van der Waals surface area contributed by atoms with Gasteiger partial charge in [0.1, 0.15) is 5.75 Å². The molecule has 2 nitrogen and oxygen atoms in total. The van der Waals surface area contributed by atoms with Gasteiger partial charge in [0.2, 0.25) is 0 Å². The highest BCUT2D eigenvalue weighted by Crippen LogP contribution is 2.31. The molecule has 1 atom stereocenters. The van der Waals surface area contributed by atoms with Crippen LogP contribution in [0.1, 0.15) is 23.1 Å². The van der Waals surface area contributed by atoms with E-state index in [9.17, 15) is 5.11 Å². The Bertz CT molecular complexity index is 704. The van der Waals surface area contributed by atoms with E-state index < -0.39 is 0 Å². The third kappa shape index (κ3) is 3.90. The van der Waals surface area contributed by atoms with Gasteiger partial charge >= 0.3 is 0 Å². The van der Waals surface area contributed by atoms with E-state index in [0.29, 0.717) is 11.1 Å². The van der Waals surface area contributed by atoms with Crippen molar-refractivity contribution in [1.29, 1.82) is 0 Å². The lowest BCUT2D eigenvalue weighted by Gasteiger charge is -2.26. The summed E-state index contributed by atoms with van der Waals surface area (Å²) in [5.41, 5.74) is 3.85. The van der Waals surface area contributed by atoms with E-state index in [1.54, 1.807) is 0 Å². The molecule has 0 radical (unpaired) electrons. The fourth-order valence-corrected chi connectivity index (χ4v) is 3.97. The van der Waals surface area contributed by atoms with Gasteiger partial charge in [-0.1, -0.05) is 45.7 Å². The van der Waals surface area contributed by atoms with Gasteiger partial charge in [-0.3, -0.25) is 0 Å². The van der Waals surface area contributed by atoms with Crippen molar-refractivity contribution in [2.75, 3.05) is 13.6 Å². The Morgan fingerprint density at radius 1 is 1.26 bits per heavy atom. The number of phenolic OH excluding ortho intramolecular Hbond substituents is 1. The van der Waals surface area contributed by atoms with Crippen LogP contribution in [0.15, 0.2) is 40.9 Å². The van der Waals surface area contributed by atoms with Gasteiger partial charge in [-0.15, -0.1) is 0 Å². The summed E-state index contributed by atoms with van der Waals surface area (Å²) >= 11 is 9.70. The number of likely N-dealkylation sites (N-methyl/N-ethyl adjacent to an activating group) is 1. The molecule has 0 spiro atoms. The van der Waals surface area contributed by atoms with Crippen LogP contribution in [-0.2, 0) is 19.3 Å². The zero-order valence-electron chi connectivity index (χ0n) is 13.2. The van der Waals surface area contributed by atoms with Gasteiger partial charge in [0, 0.05) is 17.1 Å². The first-order valence-electron chi connectivity index (χ1n) is 7.98. The summed E-state index contributed by atoms with van der Waals surface area (Å²) in [6.45, 7) is 1.02. The number of phenols is 1. The van der Waals surface area contributed by atoms with Crippen LogP contribution < -0.4 is 0 Å². The molecule has 0 aliphatic carbocycles. The second-order valence-corrected chi connectivity index (χ2v) is 7.55. The normalized spacial score (nSPS) is 18.5. The number of benzene rings is 2. The average molecular weight is 395 g/mol. The number of fused-ring (bicyclic) bond motifs is 1. The predicted octanol–water partition coefficient (Wildman–Crippen LogP) is 4.84. The molecule has 1 aliphatic rings.